The van der Waals surface area contributed by atoms with E-state index in [1.54, 1.807) is 0 Å². The number of fused-ring (bicyclic) bond motifs is 2. The number of hydrogen-bond donors (Lipinski definition) is 1. The van der Waals surface area contributed by atoms with E-state index in [0.717, 1.165) is 48.2 Å². The van der Waals surface area contributed by atoms with Gasteiger partial charge in [-0.1, -0.05) is 123 Å². The molecule has 0 unspecified atom stereocenters. The topological polar surface area (TPSA) is 55.1 Å². The molecule has 0 saturated heterocycles. The summed E-state index contributed by atoms with van der Waals surface area (Å²) < 4.78 is 2.38. The first kappa shape index (κ1) is 41.0. The largest absolute Gasteiger partial charge is 0.512 e. The number of aryl methyl sites for hydroxylation is 2. The number of rotatable bonds is 11. The Morgan fingerprint density at radius 1 is 0.808 bits per heavy atom. The van der Waals surface area contributed by atoms with E-state index in [9.17, 15) is 9.90 Å². The standard InChI is InChI=1S/C33H32BN2.C13H24O2.Ir/c1-20(2)25-11-9-12-26(21(3)4)31(25)34-27-13-7-8-16-30(27)36-32-28(34)14-10-15-29(32)35-33(36)24-18-22(5)17-23(6)19-24;1-5-10(6-2)12(14)9-13(15)11(7-3)8-4;/h7-18,20-21H,1-6H3;9-11,14H,5-8H2,1-4H3;/q-1;;/b;12-9-;. The third-order valence-electron chi connectivity index (χ3n) is 10.7. The predicted molar refractivity (Wildman–Crippen MR) is 218 cm³/mol. The summed E-state index contributed by atoms with van der Waals surface area (Å²) in [6, 6.07) is 30.4. The fourth-order valence-electron chi connectivity index (χ4n) is 7.95. The number of benzene rings is 4. The smallest absolute Gasteiger partial charge is 0.247 e. The minimum atomic E-state index is 0. The molecule has 0 amide bonds. The Bertz CT molecular complexity index is 1990. The Morgan fingerprint density at radius 3 is 1.96 bits per heavy atom. The minimum Gasteiger partial charge on any atom is -0.512 e. The summed E-state index contributed by atoms with van der Waals surface area (Å²) in [4.78, 5) is 16.9. The van der Waals surface area contributed by atoms with E-state index in [1.165, 1.54) is 50.4 Å². The third kappa shape index (κ3) is 8.24. The first-order valence-corrected chi connectivity index (χ1v) is 19.1. The zero-order valence-electron chi connectivity index (χ0n) is 32.8. The van der Waals surface area contributed by atoms with Crippen LogP contribution in [0.4, 0.5) is 0 Å². The van der Waals surface area contributed by atoms with Crippen LogP contribution in [0.25, 0.3) is 28.1 Å². The van der Waals surface area contributed by atoms with Gasteiger partial charge in [-0.15, -0.1) is 34.9 Å². The van der Waals surface area contributed by atoms with E-state index in [2.05, 4.69) is 125 Å². The van der Waals surface area contributed by atoms with Crippen molar-refractivity contribution in [1.82, 2.24) is 9.55 Å². The van der Waals surface area contributed by atoms with Crippen LogP contribution in [0.1, 0.15) is 115 Å². The fourth-order valence-corrected chi connectivity index (χ4v) is 7.95. The van der Waals surface area contributed by atoms with Gasteiger partial charge in [0.1, 0.15) is 0 Å². The van der Waals surface area contributed by atoms with Crippen LogP contribution in [0, 0.1) is 31.7 Å². The van der Waals surface area contributed by atoms with E-state index in [4.69, 9.17) is 4.98 Å². The Hall–Kier alpha value is -3.73. The molecule has 0 saturated carbocycles. The Balaban J connectivity index is 0.000000323. The van der Waals surface area contributed by atoms with E-state index < -0.39 is 0 Å². The monoisotopic (exact) mass is 872 g/mol. The Labute approximate surface area is 326 Å². The summed E-state index contributed by atoms with van der Waals surface area (Å²) in [5.41, 5.74) is 13.9. The van der Waals surface area contributed by atoms with Gasteiger partial charge in [0.05, 0.1) is 22.6 Å². The van der Waals surface area contributed by atoms with Gasteiger partial charge in [0.2, 0.25) is 6.71 Å². The molecular weight excluding hydrogens is 816 g/mol. The van der Waals surface area contributed by atoms with Crippen molar-refractivity contribution in [2.75, 3.05) is 0 Å². The maximum Gasteiger partial charge on any atom is 0.247 e. The average Bonchev–Trinajstić information content (AvgIpc) is 3.50. The second-order valence-electron chi connectivity index (χ2n) is 14.9. The molecule has 1 radical (unpaired) electrons. The minimum absolute atomic E-state index is 0. The fraction of sp³-hybridized carbons (Fsp3) is 0.391. The quantitative estimate of drug-likeness (QED) is 0.0611. The number of aliphatic hydroxyl groups excluding tert-OH is 1. The molecular formula is C46H56BIrN2O2-. The van der Waals surface area contributed by atoms with Crippen LogP contribution in [0.15, 0.2) is 84.6 Å². The summed E-state index contributed by atoms with van der Waals surface area (Å²) in [5, 5.41) is 9.76. The van der Waals surface area contributed by atoms with Crippen LogP contribution in [0.3, 0.4) is 0 Å². The van der Waals surface area contributed by atoms with Crippen molar-refractivity contribution in [2.24, 2.45) is 11.8 Å². The van der Waals surface area contributed by atoms with Crippen LogP contribution in [-0.4, -0.2) is 27.2 Å². The number of carbonyl (C=O) groups excluding carboxylic acids is 1. The van der Waals surface area contributed by atoms with Crippen LogP contribution >= 0.6 is 0 Å². The van der Waals surface area contributed by atoms with Gasteiger partial charge in [-0.25, -0.2) is 0 Å². The molecule has 1 aromatic heterocycles. The number of allylic oxidation sites excluding steroid dienone is 2. The first-order valence-electron chi connectivity index (χ1n) is 19.1. The van der Waals surface area contributed by atoms with Crippen molar-refractivity contribution in [3.63, 3.8) is 0 Å². The van der Waals surface area contributed by atoms with Gasteiger partial charge in [-0.3, -0.25) is 9.78 Å². The maximum atomic E-state index is 11.7. The number of carbonyl (C=O) groups is 1. The molecule has 6 heteroatoms. The zero-order valence-corrected chi connectivity index (χ0v) is 35.2. The van der Waals surface area contributed by atoms with Crippen molar-refractivity contribution >= 4 is 39.9 Å². The molecule has 0 spiro atoms. The second kappa shape index (κ2) is 17.9. The number of ketones is 1. The normalized spacial score (nSPS) is 12.3. The predicted octanol–water partition coefficient (Wildman–Crippen LogP) is 10.1. The zero-order chi connectivity index (χ0) is 37.0. The number of para-hydroxylation sites is 2. The summed E-state index contributed by atoms with van der Waals surface area (Å²) in [6.45, 7) is 21.8. The summed E-state index contributed by atoms with van der Waals surface area (Å²) in [7, 11) is 0. The van der Waals surface area contributed by atoms with Gasteiger partial charge in [-0.05, 0) is 71.7 Å². The Kier molecular flexibility index (Phi) is 14.1. The number of imidazole rings is 1. The summed E-state index contributed by atoms with van der Waals surface area (Å²) in [6.07, 6.45) is 4.91. The maximum absolute atomic E-state index is 11.7. The van der Waals surface area contributed by atoms with Crippen molar-refractivity contribution in [1.29, 1.82) is 0 Å². The van der Waals surface area contributed by atoms with E-state index in [1.807, 2.05) is 27.7 Å². The van der Waals surface area contributed by atoms with Crippen LogP contribution in [0.2, 0.25) is 0 Å². The van der Waals surface area contributed by atoms with Crippen molar-refractivity contribution in [3.05, 3.63) is 113 Å². The molecule has 5 aromatic rings. The van der Waals surface area contributed by atoms with Gasteiger partial charge in [0.15, 0.2) is 5.78 Å². The van der Waals surface area contributed by atoms with Gasteiger partial charge in [-0.2, -0.15) is 0 Å². The molecule has 1 aliphatic rings. The average molecular weight is 872 g/mol. The van der Waals surface area contributed by atoms with Gasteiger partial charge in [0.25, 0.3) is 0 Å². The molecule has 0 aliphatic carbocycles. The Morgan fingerprint density at radius 2 is 1.38 bits per heavy atom. The molecule has 1 N–H and O–H groups in total. The molecule has 4 nitrogen and oxygen atoms in total. The number of aromatic nitrogens is 2. The third-order valence-corrected chi connectivity index (χ3v) is 10.7. The summed E-state index contributed by atoms with van der Waals surface area (Å²) in [5.74, 6) is 2.40. The van der Waals surface area contributed by atoms with Gasteiger partial charge in [0, 0.05) is 43.7 Å². The van der Waals surface area contributed by atoms with Crippen molar-refractivity contribution in [2.45, 2.75) is 107 Å². The van der Waals surface area contributed by atoms with Gasteiger partial charge < -0.3 is 9.67 Å². The van der Waals surface area contributed by atoms with Crippen LogP contribution in [-0.2, 0) is 24.9 Å². The second-order valence-corrected chi connectivity index (χ2v) is 14.9. The van der Waals surface area contributed by atoms with Crippen LogP contribution < -0.4 is 16.4 Å². The molecule has 2 heterocycles. The van der Waals surface area contributed by atoms with Crippen LogP contribution in [0.5, 0.6) is 0 Å². The molecule has 6 rings (SSSR count). The SMILES string of the molecule is CCC(CC)C(=O)/C=C(\O)C(CC)CC.Cc1[c-]c(-c2nc3cccc4c3n2-c2ccccc2B4c2c(C(C)C)cccc2C(C)C)cc(C)c1.[Ir]. The summed E-state index contributed by atoms with van der Waals surface area (Å²) >= 11 is 0. The number of hydrogen-bond acceptors (Lipinski definition) is 3. The number of aliphatic hydroxyl groups is 1. The molecule has 1 aliphatic heterocycles. The van der Waals surface area contributed by atoms with E-state index in [-0.39, 0.29) is 50.2 Å². The van der Waals surface area contributed by atoms with Crippen molar-refractivity contribution < 1.29 is 30.0 Å². The molecule has 275 valence electrons. The first-order chi connectivity index (χ1) is 24.4. The molecule has 0 fully saturated rings. The van der Waals surface area contributed by atoms with E-state index in [0.29, 0.717) is 11.8 Å². The van der Waals surface area contributed by atoms with Gasteiger partial charge >= 0.3 is 0 Å². The van der Waals surface area contributed by atoms with E-state index >= 15 is 0 Å². The molecule has 0 bridgehead atoms. The number of nitrogens with zero attached hydrogens (tertiary/aromatic N) is 2. The van der Waals surface area contributed by atoms with Crippen molar-refractivity contribution in [3.8, 4) is 17.1 Å². The molecule has 52 heavy (non-hydrogen) atoms. The molecule has 0 atom stereocenters. The molecule has 4 aromatic carbocycles.